The molecule has 0 aliphatic carbocycles. The van der Waals surface area contributed by atoms with Gasteiger partial charge < -0.3 is 15.2 Å². The van der Waals surface area contributed by atoms with Crippen LogP contribution < -0.4 is 15.2 Å². The Labute approximate surface area is 149 Å². The van der Waals surface area contributed by atoms with Gasteiger partial charge in [-0.2, -0.15) is 0 Å². The van der Waals surface area contributed by atoms with Gasteiger partial charge in [-0.1, -0.05) is 60.2 Å². The van der Waals surface area contributed by atoms with Crippen LogP contribution >= 0.6 is 0 Å². The fourth-order valence-corrected chi connectivity index (χ4v) is 2.47. The Morgan fingerprint density at radius 2 is 1.36 bits per heavy atom. The molecule has 1 atom stereocenters. The van der Waals surface area contributed by atoms with E-state index in [0.717, 1.165) is 22.6 Å². The zero-order valence-electron chi connectivity index (χ0n) is 14.4. The fourth-order valence-electron chi connectivity index (χ4n) is 2.47. The first-order valence-corrected chi connectivity index (χ1v) is 8.42. The van der Waals surface area contributed by atoms with Crippen LogP contribution in [0.2, 0.25) is 0 Å². The minimum Gasteiger partial charge on any atom is -0.492 e. The van der Waals surface area contributed by atoms with Crippen molar-refractivity contribution in [3.05, 3.63) is 95.6 Å². The van der Waals surface area contributed by atoms with E-state index in [2.05, 4.69) is 19.1 Å². The monoisotopic (exact) mass is 333 g/mol. The summed E-state index contributed by atoms with van der Waals surface area (Å²) in [7, 11) is 0. The second-order valence-corrected chi connectivity index (χ2v) is 6.07. The molecule has 0 heterocycles. The number of ether oxygens (including phenoxy) is 2. The van der Waals surface area contributed by atoms with Crippen LogP contribution in [0.15, 0.2) is 78.9 Å². The van der Waals surface area contributed by atoms with Gasteiger partial charge in [0.15, 0.2) is 0 Å². The van der Waals surface area contributed by atoms with Crippen molar-refractivity contribution in [3.8, 4) is 11.5 Å². The molecule has 3 heteroatoms. The molecule has 128 valence electrons. The molecule has 3 nitrogen and oxygen atoms in total. The summed E-state index contributed by atoms with van der Waals surface area (Å²) in [5.74, 6) is 1.61. The zero-order valence-corrected chi connectivity index (χ0v) is 14.4. The highest BCUT2D eigenvalue weighted by atomic mass is 16.5. The van der Waals surface area contributed by atoms with Crippen molar-refractivity contribution in [2.45, 2.75) is 19.6 Å². The molecular weight excluding hydrogens is 310 g/mol. The van der Waals surface area contributed by atoms with Crippen molar-refractivity contribution in [2.75, 3.05) is 6.61 Å². The van der Waals surface area contributed by atoms with Crippen LogP contribution in [0, 0.1) is 6.92 Å². The van der Waals surface area contributed by atoms with E-state index in [9.17, 15) is 0 Å². The molecule has 0 amide bonds. The van der Waals surface area contributed by atoms with Crippen LogP contribution in [0.5, 0.6) is 11.5 Å². The van der Waals surface area contributed by atoms with Crippen LogP contribution in [-0.2, 0) is 6.61 Å². The summed E-state index contributed by atoms with van der Waals surface area (Å²) in [5, 5.41) is 0. The molecule has 3 aromatic carbocycles. The first-order valence-electron chi connectivity index (χ1n) is 8.42. The summed E-state index contributed by atoms with van der Waals surface area (Å²) in [6.07, 6.45) is 0. The Balaban J connectivity index is 1.49. The van der Waals surface area contributed by atoms with Crippen LogP contribution in [0.25, 0.3) is 0 Å². The lowest BCUT2D eigenvalue weighted by Gasteiger charge is -2.14. The molecular formula is C22H23NO2. The van der Waals surface area contributed by atoms with E-state index in [1.165, 1.54) is 5.56 Å². The molecule has 0 aromatic heterocycles. The highest BCUT2D eigenvalue weighted by Gasteiger charge is 2.07. The number of hydrogen-bond acceptors (Lipinski definition) is 3. The van der Waals surface area contributed by atoms with Gasteiger partial charge in [-0.05, 0) is 42.3 Å². The lowest BCUT2D eigenvalue weighted by atomic mass is 10.1. The van der Waals surface area contributed by atoms with Crippen LogP contribution in [0.3, 0.4) is 0 Å². The van der Waals surface area contributed by atoms with Crippen molar-refractivity contribution >= 4 is 0 Å². The summed E-state index contributed by atoms with van der Waals surface area (Å²) in [6, 6.07) is 25.8. The normalized spacial score (nSPS) is 11.8. The highest BCUT2D eigenvalue weighted by molar-refractivity contribution is 5.32. The van der Waals surface area contributed by atoms with E-state index in [4.69, 9.17) is 15.2 Å². The van der Waals surface area contributed by atoms with E-state index < -0.39 is 0 Å². The molecule has 0 aliphatic heterocycles. The molecule has 25 heavy (non-hydrogen) atoms. The second-order valence-electron chi connectivity index (χ2n) is 6.07. The van der Waals surface area contributed by atoms with E-state index in [1.54, 1.807) is 0 Å². The van der Waals surface area contributed by atoms with Gasteiger partial charge in [-0.3, -0.25) is 0 Å². The molecule has 0 fully saturated rings. The first-order chi connectivity index (χ1) is 12.2. The van der Waals surface area contributed by atoms with Crippen LogP contribution in [0.1, 0.15) is 22.7 Å². The second kappa shape index (κ2) is 8.36. The van der Waals surface area contributed by atoms with E-state index in [-0.39, 0.29) is 6.04 Å². The van der Waals surface area contributed by atoms with Gasteiger partial charge in [-0.15, -0.1) is 0 Å². The quantitative estimate of drug-likeness (QED) is 0.684. The lowest BCUT2D eigenvalue weighted by molar-refractivity contribution is 0.287. The van der Waals surface area contributed by atoms with Gasteiger partial charge in [0.1, 0.15) is 24.7 Å². The number of rotatable bonds is 7. The summed E-state index contributed by atoms with van der Waals surface area (Å²) >= 11 is 0. The molecule has 0 spiro atoms. The predicted octanol–water partition coefficient (Wildman–Crippen LogP) is 4.65. The Morgan fingerprint density at radius 3 is 2.00 bits per heavy atom. The summed E-state index contributed by atoms with van der Waals surface area (Å²) < 4.78 is 11.6. The van der Waals surface area contributed by atoms with Gasteiger partial charge >= 0.3 is 0 Å². The number of nitrogens with two attached hydrogens (primary N) is 1. The Bertz CT molecular complexity index is 767. The lowest BCUT2D eigenvalue weighted by Crippen LogP contribution is -2.18. The van der Waals surface area contributed by atoms with Gasteiger partial charge in [-0.25, -0.2) is 0 Å². The standard InChI is InChI=1S/C22H23NO2/c1-17-7-9-19(10-8-17)22(23)16-25-21-13-11-20(12-14-21)24-15-18-5-3-2-4-6-18/h2-14,22H,15-16,23H2,1H3. The molecule has 3 aromatic rings. The topological polar surface area (TPSA) is 44.5 Å². The van der Waals surface area contributed by atoms with Crippen molar-refractivity contribution in [2.24, 2.45) is 5.73 Å². The summed E-state index contributed by atoms with van der Waals surface area (Å²) in [5.41, 5.74) is 9.63. The first kappa shape index (κ1) is 17.1. The van der Waals surface area contributed by atoms with Crippen molar-refractivity contribution in [1.82, 2.24) is 0 Å². The summed E-state index contributed by atoms with van der Waals surface area (Å²) in [6.45, 7) is 3.06. The summed E-state index contributed by atoms with van der Waals surface area (Å²) in [4.78, 5) is 0. The highest BCUT2D eigenvalue weighted by Crippen LogP contribution is 2.20. The van der Waals surface area contributed by atoms with E-state index in [1.807, 2.05) is 66.7 Å². The SMILES string of the molecule is Cc1ccc(C(N)COc2ccc(OCc3ccccc3)cc2)cc1. The van der Waals surface area contributed by atoms with Gasteiger partial charge in [0, 0.05) is 0 Å². The van der Waals surface area contributed by atoms with Gasteiger partial charge in [0.2, 0.25) is 0 Å². The zero-order chi connectivity index (χ0) is 17.5. The third-order valence-electron chi connectivity index (χ3n) is 4.01. The smallest absolute Gasteiger partial charge is 0.120 e. The number of benzene rings is 3. The number of hydrogen-bond donors (Lipinski definition) is 1. The minimum absolute atomic E-state index is 0.144. The third-order valence-corrected chi connectivity index (χ3v) is 4.01. The molecule has 0 saturated heterocycles. The Morgan fingerprint density at radius 1 is 0.760 bits per heavy atom. The van der Waals surface area contributed by atoms with Gasteiger partial charge in [0.25, 0.3) is 0 Å². The molecule has 3 rings (SSSR count). The predicted molar refractivity (Wildman–Crippen MR) is 101 cm³/mol. The molecule has 0 radical (unpaired) electrons. The molecule has 0 saturated carbocycles. The molecule has 1 unspecified atom stereocenters. The van der Waals surface area contributed by atoms with Crippen LogP contribution in [-0.4, -0.2) is 6.61 Å². The van der Waals surface area contributed by atoms with Gasteiger partial charge in [0.05, 0.1) is 6.04 Å². The maximum absolute atomic E-state index is 6.19. The number of aryl methyl sites for hydroxylation is 1. The molecule has 2 N–H and O–H groups in total. The van der Waals surface area contributed by atoms with Crippen molar-refractivity contribution in [1.29, 1.82) is 0 Å². The maximum Gasteiger partial charge on any atom is 0.120 e. The fraction of sp³-hybridized carbons (Fsp3) is 0.182. The Hall–Kier alpha value is -2.78. The van der Waals surface area contributed by atoms with E-state index >= 15 is 0 Å². The maximum atomic E-state index is 6.19. The van der Waals surface area contributed by atoms with Crippen molar-refractivity contribution < 1.29 is 9.47 Å². The minimum atomic E-state index is -0.144. The van der Waals surface area contributed by atoms with Crippen LogP contribution in [0.4, 0.5) is 0 Å². The average molecular weight is 333 g/mol. The van der Waals surface area contributed by atoms with Crippen molar-refractivity contribution in [3.63, 3.8) is 0 Å². The Kier molecular flexibility index (Phi) is 5.70. The third kappa shape index (κ3) is 5.10. The molecule has 0 bridgehead atoms. The van der Waals surface area contributed by atoms with E-state index in [0.29, 0.717) is 13.2 Å². The molecule has 0 aliphatic rings. The largest absolute Gasteiger partial charge is 0.492 e. The average Bonchev–Trinajstić information content (AvgIpc) is 2.67.